The van der Waals surface area contributed by atoms with Crippen molar-refractivity contribution in [3.63, 3.8) is 0 Å². The summed E-state index contributed by atoms with van der Waals surface area (Å²) in [6, 6.07) is 8.67. The first kappa shape index (κ1) is 23.0. The standard InChI is InChI=1S/C19H24O9S/c1-11(20)25-16-15(10-29(23)14-8-6-5-7-9-14)28-19(24-4)18(27-13(3)22)17(16)26-12(2)21/h5-9,15-19H,10H2,1-4H3/t15-,16-,17+,18-,19+,29?/m1/s1. The number of carbonyl (C=O) groups is 3. The van der Waals surface area contributed by atoms with Gasteiger partial charge in [0.05, 0.1) is 16.6 Å². The van der Waals surface area contributed by atoms with E-state index in [-0.39, 0.29) is 5.75 Å². The Bertz CT molecular complexity index is 751. The maximum atomic E-state index is 12.8. The first-order valence-electron chi connectivity index (χ1n) is 8.86. The molecule has 1 aliphatic heterocycles. The van der Waals surface area contributed by atoms with Gasteiger partial charge in [0.1, 0.15) is 6.10 Å². The zero-order valence-electron chi connectivity index (χ0n) is 16.6. The molecule has 0 amide bonds. The molecule has 9 nitrogen and oxygen atoms in total. The first-order valence-corrected chi connectivity index (χ1v) is 10.2. The summed E-state index contributed by atoms with van der Waals surface area (Å²) < 4.78 is 39.7. The molecule has 160 valence electrons. The van der Waals surface area contributed by atoms with E-state index in [0.717, 1.165) is 0 Å². The van der Waals surface area contributed by atoms with Crippen LogP contribution in [0.15, 0.2) is 35.2 Å². The highest BCUT2D eigenvalue weighted by Gasteiger charge is 2.52. The van der Waals surface area contributed by atoms with E-state index in [2.05, 4.69) is 0 Å². The van der Waals surface area contributed by atoms with Gasteiger partial charge in [-0.3, -0.25) is 18.6 Å². The van der Waals surface area contributed by atoms with E-state index in [1.165, 1.54) is 27.9 Å². The Morgan fingerprint density at radius 2 is 1.41 bits per heavy atom. The third-order valence-electron chi connectivity index (χ3n) is 4.05. The lowest BCUT2D eigenvalue weighted by Crippen LogP contribution is -2.62. The fourth-order valence-electron chi connectivity index (χ4n) is 3.00. The number of hydrogen-bond acceptors (Lipinski definition) is 9. The molecule has 1 aromatic carbocycles. The van der Waals surface area contributed by atoms with Gasteiger partial charge in [0.15, 0.2) is 24.6 Å². The average Bonchev–Trinajstić information content (AvgIpc) is 2.65. The Hall–Kier alpha value is -2.30. The lowest BCUT2D eigenvalue weighted by molar-refractivity contribution is -0.294. The summed E-state index contributed by atoms with van der Waals surface area (Å²) in [4.78, 5) is 35.5. The maximum absolute atomic E-state index is 12.8. The van der Waals surface area contributed by atoms with Crippen LogP contribution >= 0.6 is 0 Å². The highest BCUT2D eigenvalue weighted by Crippen LogP contribution is 2.30. The smallest absolute Gasteiger partial charge is 0.303 e. The molecule has 0 radical (unpaired) electrons. The Kier molecular flexibility index (Phi) is 8.30. The first-order chi connectivity index (χ1) is 13.7. The van der Waals surface area contributed by atoms with Crippen molar-refractivity contribution in [1.29, 1.82) is 0 Å². The minimum Gasteiger partial charge on any atom is -0.456 e. The highest BCUT2D eigenvalue weighted by atomic mass is 32.2. The largest absolute Gasteiger partial charge is 0.456 e. The molecule has 0 aromatic heterocycles. The second-order valence-electron chi connectivity index (χ2n) is 6.33. The predicted octanol–water partition coefficient (Wildman–Crippen LogP) is 0.961. The van der Waals surface area contributed by atoms with Gasteiger partial charge >= 0.3 is 17.9 Å². The molecule has 1 unspecified atom stereocenters. The number of rotatable bonds is 7. The quantitative estimate of drug-likeness (QED) is 0.463. The summed E-state index contributed by atoms with van der Waals surface area (Å²) in [5.41, 5.74) is 0. The molecule has 10 heteroatoms. The minimum atomic E-state index is -1.50. The van der Waals surface area contributed by atoms with Gasteiger partial charge in [0.2, 0.25) is 0 Å². The minimum absolute atomic E-state index is 0.0631. The molecule has 2 rings (SSSR count). The third-order valence-corrected chi connectivity index (χ3v) is 5.48. The molecular weight excluding hydrogens is 404 g/mol. The second kappa shape index (κ2) is 10.5. The number of ether oxygens (including phenoxy) is 5. The SMILES string of the molecule is CO[C@H]1O[C@H](CS(=O)c2ccccc2)[C@@H](OC(C)=O)[C@H](OC(C)=O)[C@H]1OC(C)=O. The summed E-state index contributed by atoms with van der Waals surface area (Å²) in [5.74, 6) is -2.06. The number of hydrogen-bond donors (Lipinski definition) is 0. The molecule has 29 heavy (non-hydrogen) atoms. The van der Waals surface area contributed by atoms with E-state index in [1.807, 2.05) is 0 Å². The van der Waals surface area contributed by atoms with Crippen LogP contribution < -0.4 is 0 Å². The predicted molar refractivity (Wildman–Crippen MR) is 100 cm³/mol. The van der Waals surface area contributed by atoms with E-state index in [0.29, 0.717) is 4.90 Å². The van der Waals surface area contributed by atoms with Crippen molar-refractivity contribution < 1.29 is 42.3 Å². The van der Waals surface area contributed by atoms with Crippen LogP contribution in [0.3, 0.4) is 0 Å². The molecule has 1 aromatic rings. The molecule has 1 aliphatic rings. The zero-order valence-corrected chi connectivity index (χ0v) is 17.4. The van der Waals surface area contributed by atoms with Gasteiger partial charge in [0, 0.05) is 32.8 Å². The third kappa shape index (κ3) is 6.34. The molecule has 6 atom stereocenters. The van der Waals surface area contributed by atoms with Crippen LogP contribution in [-0.4, -0.2) is 65.7 Å². The molecule has 1 saturated heterocycles. The van der Waals surface area contributed by atoms with Gasteiger partial charge in [-0.15, -0.1) is 0 Å². The molecular formula is C19H24O9S. The number of methoxy groups -OCH3 is 1. The second-order valence-corrected chi connectivity index (χ2v) is 7.82. The molecule has 0 aliphatic carbocycles. The molecule has 1 heterocycles. The highest BCUT2D eigenvalue weighted by molar-refractivity contribution is 7.85. The summed E-state index contributed by atoms with van der Waals surface area (Å²) in [6.45, 7) is 3.53. The van der Waals surface area contributed by atoms with Gasteiger partial charge < -0.3 is 23.7 Å². The summed E-state index contributed by atoms with van der Waals surface area (Å²) in [5, 5.41) is 0. The zero-order chi connectivity index (χ0) is 21.6. The van der Waals surface area contributed by atoms with Crippen LogP contribution in [-0.2, 0) is 48.9 Å². The van der Waals surface area contributed by atoms with Gasteiger partial charge in [-0.1, -0.05) is 18.2 Å². The lowest BCUT2D eigenvalue weighted by atomic mass is 9.98. The Morgan fingerprint density at radius 3 is 1.93 bits per heavy atom. The van der Waals surface area contributed by atoms with Gasteiger partial charge in [-0.05, 0) is 12.1 Å². The van der Waals surface area contributed by atoms with Crippen molar-refractivity contribution in [2.45, 2.75) is 56.4 Å². The van der Waals surface area contributed by atoms with Crippen LogP contribution in [0.25, 0.3) is 0 Å². The summed E-state index contributed by atoms with van der Waals surface area (Å²) in [6.07, 6.45) is -5.59. The molecule has 0 N–H and O–H groups in total. The average molecular weight is 428 g/mol. The number of carbonyl (C=O) groups excluding carboxylic acids is 3. The topological polar surface area (TPSA) is 114 Å². The van der Waals surface area contributed by atoms with E-state index >= 15 is 0 Å². The van der Waals surface area contributed by atoms with E-state index in [1.54, 1.807) is 30.3 Å². The van der Waals surface area contributed by atoms with Crippen molar-refractivity contribution >= 4 is 28.7 Å². The van der Waals surface area contributed by atoms with Crippen LogP contribution in [0.5, 0.6) is 0 Å². The van der Waals surface area contributed by atoms with Gasteiger partial charge in [0.25, 0.3) is 0 Å². The Balaban J connectivity index is 2.37. The number of esters is 3. The number of benzene rings is 1. The van der Waals surface area contributed by atoms with Crippen LogP contribution in [0.4, 0.5) is 0 Å². The van der Waals surface area contributed by atoms with Crippen molar-refractivity contribution in [3.05, 3.63) is 30.3 Å². The molecule has 0 saturated carbocycles. The molecule has 1 fully saturated rings. The van der Waals surface area contributed by atoms with Crippen molar-refractivity contribution in [1.82, 2.24) is 0 Å². The van der Waals surface area contributed by atoms with Crippen molar-refractivity contribution in [3.8, 4) is 0 Å². The van der Waals surface area contributed by atoms with Gasteiger partial charge in [-0.2, -0.15) is 0 Å². The van der Waals surface area contributed by atoms with Gasteiger partial charge in [-0.25, -0.2) is 0 Å². The van der Waals surface area contributed by atoms with Crippen LogP contribution in [0.2, 0.25) is 0 Å². The monoisotopic (exact) mass is 428 g/mol. The molecule has 0 spiro atoms. The fourth-order valence-corrected chi connectivity index (χ4v) is 4.22. The Morgan fingerprint density at radius 1 is 0.897 bits per heavy atom. The normalized spacial score (nSPS) is 27.5. The lowest BCUT2D eigenvalue weighted by Gasteiger charge is -2.43. The van der Waals surface area contributed by atoms with Crippen molar-refractivity contribution in [2.75, 3.05) is 12.9 Å². The fraction of sp³-hybridized carbons (Fsp3) is 0.526. The van der Waals surface area contributed by atoms with Crippen LogP contribution in [0.1, 0.15) is 20.8 Å². The maximum Gasteiger partial charge on any atom is 0.303 e. The van der Waals surface area contributed by atoms with E-state index < -0.39 is 59.4 Å². The Labute approximate surface area is 171 Å². The van der Waals surface area contributed by atoms with E-state index in [4.69, 9.17) is 23.7 Å². The molecule has 0 bridgehead atoms. The van der Waals surface area contributed by atoms with Crippen LogP contribution in [0, 0.1) is 0 Å². The summed E-state index contributed by atoms with van der Waals surface area (Å²) in [7, 11) is -0.180. The summed E-state index contributed by atoms with van der Waals surface area (Å²) >= 11 is 0. The van der Waals surface area contributed by atoms with E-state index in [9.17, 15) is 18.6 Å². The van der Waals surface area contributed by atoms with Crippen molar-refractivity contribution in [2.24, 2.45) is 0 Å².